The minimum absolute atomic E-state index is 0.0521. The lowest BCUT2D eigenvalue weighted by atomic mass is 9.89. The maximum atomic E-state index is 13.8. The van der Waals surface area contributed by atoms with Crippen molar-refractivity contribution in [1.29, 1.82) is 0 Å². The van der Waals surface area contributed by atoms with Crippen molar-refractivity contribution in [2.24, 2.45) is 9.39 Å². The molecule has 0 atom stereocenters. The molecule has 0 N–H and O–H groups in total. The van der Waals surface area contributed by atoms with Crippen LogP contribution in [0.3, 0.4) is 0 Å². The molecular weight excluding hydrogens is 516 g/mol. The van der Waals surface area contributed by atoms with Crippen molar-refractivity contribution in [1.82, 2.24) is 0 Å². The van der Waals surface area contributed by atoms with Gasteiger partial charge in [-0.1, -0.05) is 79.9 Å². The monoisotopic (exact) mass is 562 g/mol. The van der Waals surface area contributed by atoms with Crippen molar-refractivity contribution in [2.45, 2.75) is 104 Å². The van der Waals surface area contributed by atoms with E-state index in [1.54, 1.807) is 6.08 Å². The zero-order chi connectivity index (χ0) is 29.4. The molecule has 1 aliphatic rings. The summed E-state index contributed by atoms with van der Waals surface area (Å²) < 4.78 is 37.8. The molecule has 0 spiro atoms. The van der Waals surface area contributed by atoms with Crippen LogP contribution in [0.25, 0.3) is 0 Å². The molecule has 0 bridgehead atoms. The van der Waals surface area contributed by atoms with Crippen LogP contribution in [-0.2, 0) is 10.0 Å². The van der Waals surface area contributed by atoms with Gasteiger partial charge in [-0.05, 0) is 95.9 Å². The third-order valence-electron chi connectivity index (χ3n) is 7.10. The molecule has 2 aromatic carbocycles. The number of rotatable bonds is 12. The first-order valence-electron chi connectivity index (χ1n) is 14.6. The van der Waals surface area contributed by atoms with Crippen molar-refractivity contribution in [2.75, 3.05) is 6.61 Å². The lowest BCUT2D eigenvalue weighted by molar-refractivity contribution is 0.305. The Labute approximate surface area is 242 Å². The second-order valence-corrected chi connectivity index (χ2v) is 13.1. The number of aliphatic imine (C=N–C) groups is 1. The van der Waals surface area contributed by atoms with E-state index < -0.39 is 10.0 Å². The number of hydrogen-bond donors (Lipinski definition) is 0. The molecule has 1 aliphatic carbocycles. The van der Waals surface area contributed by atoms with Gasteiger partial charge in [0.1, 0.15) is 5.75 Å². The third kappa shape index (κ3) is 8.26. The minimum Gasteiger partial charge on any atom is -0.494 e. The van der Waals surface area contributed by atoms with Crippen molar-refractivity contribution >= 4 is 27.1 Å². The standard InChI is InChI=1S/C34H46N2O3S/c1-9-10-11-12-19-39-30-16-13-28(14-17-30)35-29-15-18-33(26(8)20-29)36-40(37,38)34-31(24(4)5)21-27(23(2)3)22-32(34)25(6)7/h13-18,20-25H,9-12,19H2,1-8H3. The van der Waals surface area contributed by atoms with Crippen LogP contribution < -0.4 is 4.74 Å². The Balaban J connectivity index is 1.85. The smallest absolute Gasteiger partial charge is 0.283 e. The van der Waals surface area contributed by atoms with E-state index >= 15 is 0 Å². The van der Waals surface area contributed by atoms with Gasteiger partial charge < -0.3 is 4.74 Å². The zero-order valence-corrected chi connectivity index (χ0v) is 26.3. The lowest BCUT2D eigenvalue weighted by Gasteiger charge is -2.22. The maximum absolute atomic E-state index is 13.8. The summed E-state index contributed by atoms with van der Waals surface area (Å²) in [5, 5.41) is 0. The second-order valence-electron chi connectivity index (χ2n) is 11.5. The van der Waals surface area contributed by atoms with Gasteiger partial charge in [0.2, 0.25) is 0 Å². The summed E-state index contributed by atoms with van der Waals surface area (Å²) in [6, 6.07) is 11.8. The Morgan fingerprint density at radius 3 is 1.98 bits per heavy atom. The van der Waals surface area contributed by atoms with E-state index in [9.17, 15) is 8.42 Å². The van der Waals surface area contributed by atoms with E-state index in [-0.39, 0.29) is 11.8 Å². The Kier molecular flexibility index (Phi) is 11.1. The molecule has 40 heavy (non-hydrogen) atoms. The number of unbranched alkanes of at least 4 members (excludes halogenated alkanes) is 3. The molecule has 0 amide bonds. The first kappa shape index (κ1) is 31.5. The van der Waals surface area contributed by atoms with Crippen molar-refractivity contribution in [3.8, 4) is 5.75 Å². The molecular formula is C34H46N2O3S. The predicted molar refractivity (Wildman–Crippen MR) is 169 cm³/mol. The Hall–Kier alpha value is -2.99. The lowest BCUT2D eigenvalue weighted by Crippen LogP contribution is -2.14. The topological polar surface area (TPSA) is 68.1 Å². The highest BCUT2D eigenvalue weighted by molar-refractivity contribution is 7.90. The summed E-state index contributed by atoms with van der Waals surface area (Å²) in [5.41, 5.74) is 5.56. The SMILES string of the molecule is CCCCCCOc1ccc(N=C2C=CC(=NS(=O)(=O)c3c(C(C)C)cc(C(C)C)cc3C(C)C)C(C)=C2)cc1. The predicted octanol–water partition coefficient (Wildman–Crippen LogP) is 9.43. The maximum Gasteiger partial charge on any atom is 0.283 e. The Morgan fingerprint density at radius 1 is 0.825 bits per heavy atom. The molecule has 6 heteroatoms. The van der Waals surface area contributed by atoms with Crippen LogP contribution in [0.5, 0.6) is 5.75 Å². The molecule has 2 aromatic rings. The van der Waals surface area contributed by atoms with E-state index in [0.717, 1.165) is 52.4 Å². The van der Waals surface area contributed by atoms with E-state index in [2.05, 4.69) is 25.2 Å². The van der Waals surface area contributed by atoms with Crippen LogP contribution in [0.2, 0.25) is 0 Å². The molecule has 216 valence electrons. The van der Waals surface area contributed by atoms with Crippen LogP contribution in [-0.4, -0.2) is 26.4 Å². The Bertz CT molecular complexity index is 1360. The molecule has 0 fully saturated rings. The molecule has 0 saturated carbocycles. The number of benzene rings is 2. The molecule has 5 nitrogen and oxygen atoms in total. The number of nitrogens with zero attached hydrogens (tertiary/aromatic N) is 2. The number of sulfonamides is 1. The first-order chi connectivity index (χ1) is 18.9. The fourth-order valence-electron chi connectivity index (χ4n) is 4.66. The largest absolute Gasteiger partial charge is 0.494 e. The Morgan fingerprint density at radius 2 is 1.45 bits per heavy atom. The van der Waals surface area contributed by atoms with E-state index in [1.807, 2.05) is 83.2 Å². The third-order valence-corrected chi connectivity index (χ3v) is 8.52. The number of ether oxygens (including phenoxy) is 1. The summed E-state index contributed by atoms with van der Waals surface area (Å²) in [6.45, 7) is 17.2. The summed E-state index contributed by atoms with van der Waals surface area (Å²) in [5.74, 6) is 1.25. The number of allylic oxidation sites excluding steroid dienone is 4. The fraction of sp³-hybridized carbons (Fsp3) is 0.471. The first-order valence-corrected chi connectivity index (χ1v) is 16.1. The van der Waals surface area contributed by atoms with Crippen LogP contribution in [0, 0.1) is 0 Å². The summed E-state index contributed by atoms with van der Waals surface area (Å²) >= 11 is 0. The van der Waals surface area contributed by atoms with E-state index in [1.165, 1.54) is 19.3 Å². The van der Waals surface area contributed by atoms with Gasteiger partial charge in [0.25, 0.3) is 10.0 Å². The highest BCUT2D eigenvalue weighted by Crippen LogP contribution is 2.36. The molecule has 0 heterocycles. The normalized spacial score (nSPS) is 16.0. The highest BCUT2D eigenvalue weighted by atomic mass is 32.2. The molecule has 3 rings (SSSR count). The average Bonchev–Trinajstić information content (AvgIpc) is 2.90. The quantitative estimate of drug-likeness (QED) is 0.191. The van der Waals surface area contributed by atoms with Gasteiger partial charge in [0.05, 0.1) is 28.6 Å². The molecule has 0 unspecified atom stereocenters. The minimum atomic E-state index is -3.94. The van der Waals surface area contributed by atoms with Gasteiger partial charge in [0.15, 0.2) is 0 Å². The molecule has 0 aromatic heterocycles. The van der Waals surface area contributed by atoms with E-state index in [4.69, 9.17) is 9.73 Å². The number of hydrogen-bond acceptors (Lipinski definition) is 4. The highest BCUT2D eigenvalue weighted by Gasteiger charge is 2.27. The van der Waals surface area contributed by atoms with Crippen LogP contribution in [0.15, 0.2) is 74.5 Å². The molecule has 0 saturated heterocycles. The van der Waals surface area contributed by atoms with Crippen molar-refractivity contribution in [3.05, 3.63) is 76.9 Å². The second kappa shape index (κ2) is 14.1. The van der Waals surface area contributed by atoms with Crippen LogP contribution >= 0.6 is 0 Å². The van der Waals surface area contributed by atoms with Gasteiger partial charge in [-0.2, -0.15) is 12.8 Å². The summed E-state index contributed by atoms with van der Waals surface area (Å²) in [6.07, 6.45) is 10.1. The van der Waals surface area contributed by atoms with Crippen molar-refractivity contribution < 1.29 is 13.2 Å². The van der Waals surface area contributed by atoms with E-state index in [0.29, 0.717) is 16.5 Å². The van der Waals surface area contributed by atoms with Crippen LogP contribution in [0.1, 0.15) is 116 Å². The van der Waals surface area contributed by atoms with Crippen LogP contribution in [0.4, 0.5) is 5.69 Å². The van der Waals surface area contributed by atoms with Gasteiger partial charge in [-0.25, -0.2) is 4.99 Å². The molecule has 0 radical (unpaired) electrons. The molecule has 0 aliphatic heterocycles. The van der Waals surface area contributed by atoms with Gasteiger partial charge in [-0.3, -0.25) is 0 Å². The summed E-state index contributed by atoms with van der Waals surface area (Å²) in [4.78, 5) is 5.06. The van der Waals surface area contributed by atoms with Gasteiger partial charge in [-0.15, -0.1) is 0 Å². The average molecular weight is 563 g/mol. The zero-order valence-electron chi connectivity index (χ0n) is 25.5. The fourth-order valence-corrected chi connectivity index (χ4v) is 6.40. The van der Waals surface area contributed by atoms with Gasteiger partial charge >= 0.3 is 0 Å². The van der Waals surface area contributed by atoms with Crippen molar-refractivity contribution in [3.63, 3.8) is 0 Å². The summed E-state index contributed by atoms with van der Waals surface area (Å²) in [7, 11) is -3.94. The van der Waals surface area contributed by atoms with Gasteiger partial charge in [0, 0.05) is 0 Å².